The molecule has 0 N–H and O–H groups in total. The predicted molar refractivity (Wildman–Crippen MR) is 56.4 cm³/mol. The van der Waals surface area contributed by atoms with Gasteiger partial charge in [0, 0.05) is 28.2 Å². The number of Topliss-reactive ketones (excluding diaryl/α,β-unsaturated/α-hetero) is 1. The van der Waals surface area contributed by atoms with Gasteiger partial charge in [0.2, 0.25) is 0 Å². The molecular formula is C9H19NO2S. The molecule has 0 amide bonds. The molecule has 0 spiro atoms. The quantitative estimate of drug-likeness (QED) is 0.687. The Morgan fingerprint density at radius 2 is 2.00 bits per heavy atom. The van der Waals surface area contributed by atoms with Crippen molar-refractivity contribution in [3.63, 3.8) is 0 Å². The molecule has 0 aromatic heterocycles. The van der Waals surface area contributed by atoms with Crippen molar-refractivity contribution < 1.29 is 9.00 Å². The summed E-state index contributed by atoms with van der Waals surface area (Å²) in [4.78, 5) is 10.6. The molecule has 0 saturated heterocycles. The van der Waals surface area contributed by atoms with Crippen LogP contribution in [0, 0.1) is 0 Å². The first-order chi connectivity index (χ1) is 5.83. The van der Waals surface area contributed by atoms with E-state index in [0.717, 1.165) is 0 Å². The highest BCUT2D eigenvalue weighted by Crippen LogP contribution is 2.01. The van der Waals surface area contributed by atoms with Crippen LogP contribution in [0.15, 0.2) is 4.36 Å². The molecule has 0 bridgehead atoms. The molecule has 0 aromatic rings. The van der Waals surface area contributed by atoms with Gasteiger partial charge in [-0.05, 0) is 27.2 Å². The van der Waals surface area contributed by atoms with Crippen LogP contribution in [0.3, 0.4) is 0 Å². The van der Waals surface area contributed by atoms with Crippen molar-refractivity contribution in [2.24, 2.45) is 4.36 Å². The van der Waals surface area contributed by atoms with E-state index in [9.17, 15) is 9.00 Å². The van der Waals surface area contributed by atoms with Crippen molar-refractivity contribution in [3.05, 3.63) is 0 Å². The maximum absolute atomic E-state index is 11.7. The Morgan fingerprint density at radius 3 is 2.38 bits per heavy atom. The Balaban J connectivity index is 4.05. The summed E-state index contributed by atoms with van der Waals surface area (Å²) in [5, 5.41) is 0. The largest absolute Gasteiger partial charge is 0.300 e. The van der Waals surface area contributed by atoms with Crippen LogP contribution in [0.4, 0.5) is 0 Å². The zero-order valence-electron chi connectivity index (χ0n) is 8.87. The number of hydrogen-bond acceptors (Lipinski definition) is 3. The van der Waals surface area contributed by atoms with E-state index in [1.165, 1.54) is 0 Å². The standard InChI is InChI=1S/C9H19NO2S/c1-8(2)10-13(4,12)7-5-6-9(3)11/h8H,5-7H2,1-4H3. The summed E-state index contributed by atoms with van der Waals surface area (Å²) in [6.07, 6.45) is 2.85. The maximum Gasteiger partial charge on any atom is 0.129 e. The van der Waals surface area contributed by atoms with Crippen molar-refractivity contribution in [2.75, 3.05) is 12.0 Å². The molecule has 4 heteroatoms. The Bertz CT molecular complexity index is 275. The minimum absolute atomic E-state index is 0.106. The average molecular weight is 205 g/mol. The third-order valence-electron chi connectivity index (χ3n) is 1.49. The van der Waals surface area contributed by atoms with Gasteiger partial charge in [0.05, 0.1) is 6.04 Å². The Morgan fingerprint density at radius 1 is 1.46 bits per heavy atom. The lowest BCUT2D eigenvalue weighted by atomic mass is 10.3. The lowest BCUT2D eigenvalue weighted by Gasteiger charge is -2.05. The average Bonchev–Trinajstić information content (AvgIpc) is 1.81. The number of rotatable bonds is 5. The zero-order chi connectivity index (χ0) is 10.5. The van der Waals surface area contributed by atoms with Gasteiger partial charge in [-0.1, -0.05) is 0 Å². The van der Waals surface area contributed by atoms with E-state index < -0.39 is 9.73 Å². The summed E-state index contributed by atoms with van der Waals surface area (Å²) < 4.78 is 15.8. The predicted octanol–water partition coefficient (Wildman–Crippen LogP) is 1.86. The molecule has 0 aromatic carbocycles. The van der Waals surface area contributed by atoms with Crippen molar-refractivity contribution in [1.82, 2.24) is 0 Å². The van der Waals surface area contributed by atoms with E-state index in [1.54, 1.807) is 13.2 Å². The van der Waals surface area contributed by atoms with E-state index in [0.29, 0.717) is 18.6 Å². The minimum Gasteiger partial charge on any atom is -0.300 e. The Kier molecular flexibility index (Phi) is 5.21. The fraction of sp³-hybridized carbons (Fsp3) is 0.889. The summed E-state index contributed by atoms with van der Waals surface area (Å²) in [6.45, 7) is 5.37. The van der Waals surface area contributed by atoms with Crippen LogP contribution in [0.1, 0.15) is 33.6 Å². The van der Waals surface area contributed by atoms with Gasteiger partial charge in [0.15, 0.2) is 0 Å². The summed E-state index contributed by atoms with van der Waals surface area (Å²) in [5.41, 5.74) is 0. The number of hydrogen-bond donors (Lipinski definition) is 0. The van der Waals surface area contributed by atoms with Gasteiger partial charge in [0.1, 0.15) is 5.78 Å². The van der Waals surface area contributed by atoms with Crippen molar-refractivity contribution >= 4 is 15.5 Å². The second-order valence-corrected chi connectivity index (χ2v) is 6.21. The van der Waals surface area contributed by atoms with Crippen LogP contribution in [0.2, 0.25) is 0 Å². The van der Waals surface area contributed by atoms with Gasteiger partial charge in [-0.15, -0.1) is 0 Å². The van der Waals surface area contributed by atoms with Gasteiger partial charge in [-0.2, -0.15) is 0 Å². The molecule has 78 valence electrons. The lowest BCUT2D eigenvalue weighted by Crippen LogP contribution is -2.07. The maximum atomic E-state index is 11.7. The van der Waals surface area contributed by atoms with Crippen LogP contribution < -0.4 is 0 Å². The summed E-state index contributed by atoms with van der Waals surface area (Å²) in [6, 6.07) is 0.106. The molecule has 0 aliphatic heterocycles. The fourth-order valence-electron chi connectivity index (χ4n) is 1.09. The highest BCUT2D eigenvalue weighted by atomic mass is 32.2. The van der Waals surface area contributed by atoms with Gasteiger partial charge in [0.25, 0.3) is 0 Å². The summed E-state index contributed by atoms with van der Waals surface area (Å²) in [5.74, 6) is 0.685. The zero-order valence-corrected chi connectivity index (χ0v) is 9.69. The van der Waals surface area contributed by atoms with Crippen LogP contribution in [-0.4, -0.2) is 28.0 Å². The van der Waals surface area contributed by atoms with E-state index in [2.05, 4.69) is 4.36 Å². The Labute approximate surface area is 81.1 Å². The van der Waals surface area contributed by atoms with Crippen LogP contribution in [0.25, 0.3) is 0 Å². The molecule has 0 radical (unpaired) electrons. The van der Waals surface area contributed by atoms with E-state index in [1.807, 2.05) is 13.8 Å². The first-order valence-electron chi connectivity index (χ1n) is 4.52. The number of nitrogens with zero attached hydrogens (tertiary/aromatic N) is 1. The van der Waals surface area contributed by atoms with Gasteiger partial charge < -0.3 is 4.79 Å². The fourth-order valence-corrected chi connectivity index (χ4v) is 2.76. The van der Waals surface area contributed by atoms with E-state index in [4.69, 9.17) is 0 Å². The third-order valence-corrected chi connectivity index (χ3v) is 3.40. The van der Waals surface area contributed by atoms with Crippen LogP contribution in [0.5, 0.6) is 0 Å². The first kappa shape index (κ1) is 12.6. The van der Waals surface area contributed by atoms with Crippen LogP contribution >= 0.6 is 0 Å². The molecule has 0 fully saturated rings. The van der Waals surface area contributed by atoms with Crippen molar-refractivity contribution in [1.29, 1.82) is 0 Å². The molecule has 0 aliphatic rings. The number of carbonyl (C=O) groups excluding carboxylic acids is 1. The smallest absolute Gasteiger partial charge is 0.129 e. The second kappa shape index (κ2) is 5.37. The van der Waals surface area contributed by atoms with Gasteiger partial charge >= 0.3 is 0 Å². The van der Waals surface area contributed by atoms with Crippen LogP contribution in [-0.2, 0) is 14.5 Å². The molecule has 1 atom stereocenters. The first-order valence-corrected chi connectivity index (χ1v) is 6.61. The topological polar surface area (TPSA) is 46.5 Å². The highest BCUT2D eigenvalue weighted by Gasteiger charge is 2.03. The van der Waals surface area contributed by atoms with Gasteiger partial charge in [-0.25, -0.2) is 4.36 Å². The minimum atomic E-state index is -2.05. The molecule has 1 unspecified atom stereocenters. The van der Waals surface area contributed by atoms with Crippen molar-refractivity contribution in [2.45, 2.75) is 39.7 Å². The number of ketones is 1. The molecule has 0 aliphatic carbocycles. The molecule has 0 rings (SSSR count). The lowest BCUT2D eigenvalue weighted by molar-refractivity contribution is -0.117. The van der Waals surface area contributed by atoms with Gasteiger partial charge in [-0.3, -0.25) is 4.21 Å². The number of carbonyl (C=O) groups is 1. The highest BCUT2D eigenvalue weighted by molar-refractivity contribution is 7.92. The molecule has 3 nitrogen and oxygen atoms in total. The Hall–Kier alpha value is -0.380. The molecule has 13 heavy (non-hydrogen) atoms. The summed E-state index contributed by atoms with van der Waals surface area (Å²) >= 11 is 0. The normalized spacial score (nSPS) is 15.5. The van der Waals surface area contributed by atoms with Crippen molar-refractivity contribution in [3.8, 4) is 0 Å². The molecular weight excluding hydrogens is 186 g/mol. The molecule has 0 saturated carbocycles. The van der Waals surface area contributed by atoms with E-state index in [-0.39, 0.29) is 11.8 Å². The third kappa shape index (κ3) is 7.96. The van der Waals surface area contributed by atoms with E-state index >= 15 is 0 Å². The summed E-state index contributed by atoms with van der Waals surface area (Å²) in [7, 11) is -2.05. The SMILES string of the molecule is CC(=O)CCCS(C)(=O)=NC(C)C. The molecule has 0 heterocycles. The monoisotopic (exact) mass is 205 g/mol. The second-order valence-electron chi connectivity index (χ2n) is 3.67.